The molecule has 0 bridgehead atoms. The van der Waals surface area contributed by atoms with E-state index in [1.807, 2.05) is 18.2 Å². The highest BCUT2D eigenvalue weighted by molar-refractivity contribution is 9.25. The first-order valence-corrected chi connectivity index (χ1v) is 7.93. The number of rotatable bonds is 1. The predicted molar refractivity (Wildman–Crippen MR) is 80.0 cm³/mol. The Labute approximate surface area is 129 Å². The van der Waals surface area contributed by atoms with Crippen LogP contribution in [0.3, 0.4) is 0 Å². The van der Waals surface area contributed by atoms with Crippen LogP contribution >= 0.6 is 31.9 Å². The standard InChI is InChI=1S/C14H14Br2N2O/c15-14(16)7-6-11(8-17)18-12(9-19-13(14)18)10-4-2-1-3-5-10/h1-5,11-13H,6-7,9H2/t11-,12-,13+/m0/s1. The van der Waals surface area contributed by atoms with Crippen LogP contribution in [0.1, 0.15) is 24.4 Å². The second kappa shape index (κ2) is 5.17. The fourth-order valence-corrected chi connectivity index (χ4v) is 4.11. The van der Waals surface area contributed by atoms with Gasteiger partial charge in [0.2, 0.25) is 0 Å². The van der Waals surface area contributed by atoms with E-state index >= 15 is 0 Å². The van der Waals surface area contributed by atoms with Crippen LogP contribution in [0.2, 0.25) is 0 Å². The number of nitrogens with zero attached hydrogens (tertiary/aromatic N) is 2. The first kappa shape index (κ1) is 13.6. The molecule has 2 saturated heterocycles. The van der Waals surface area contributed by atoms with Crippen LogP contribution in [0, 0.1) is 11.3 Å². The molecular weight excluding hydrogens is 372 g/mol. The zero-order valence-corrected chi connectivity index (χ0v) is 13.5. The molecule has 1 aromatic carbocycles. The number of ether oxygens (including phenoxy) is 1. The van der Waals surface area contributed by atoms with E-state index in [2.05, 4.69) is 55.0 Å². The molecule has 0 aromatic heterocycles. The number of piperidine rings is 1. The van der Waals surface area contributed by atoms with E-state index in [0.717, 1.165) is 12.8 Å². The summed E-state index contributed by atoms with van der Waals surface area (Å²) < 4.78 is 5.70. The Balaban J connectivity index is 1.95. The van der Waals surface area contributed by atoms with Gasteiger partial charge in [-0.25, -0.2) is 0 Å². The topological polar surface area (TPSA) is 36.3 Å². The smallest absolute Gasteiger partial charge is 0.137 e. The summed E-state index contributed by atoms with van der Waals surface area (Å²) in [5.74, 6) is 0. The molecule has 0 saturated carbocycles. The van der Waals surface area contributed by atoms with Gasteiger partial charge in [-0.15, -0.1) is 0 Å². The number of fused-ring (bicyclic) bond motifs is 1. The van der Waals surface area contributed by atoms with Gasteiger partial charge in [0.1, 0.15) is 15.5 Å². The van der Waals surface area contributed by atoms with Crippen molar-refractivity contribution in [3.8, 4) is 6.07 Å². The van der Waals surface area contributed by atoms with Crippen LogP contribution in [-0.4, -0.2) is 27.0 Å². The molecule has 0 N–H and O–H groups in total. The number of alkyl halides is 2. The van der Waals surface area contributed by atoms with Crippen LogP contribution in [0.15, 0.2) is 30.3 Å². The van der Waals surface area contributed by atoms with Crippen molar-refractivity contribution in [3.63, 3.8) is 0 Å². The summed E-state index contributed by atoms with van der Waals surface area (Å²) in [4.78, 5) is 2.20. The summed E-state index contributed by atoms with van der Waals surface area (Å²) in [6, 6.07) is 12.8. The summed E-state index contributed by atoms with van der Waals surface area (Å²) in [7, 11) is 0. The number of hydrogen-bond acceptors (Lipinski definition) is 3. The Hall–Kier alpha value is -0.410. The second-order valence-electron chi connectivity index (χ2n) is 5.00. The van der Waals surface area contributed by atoms with Crippen LogP contribution in [-0.2, 0) is 4.74 Å². The molecule has 0 aliphatic carbocycles. The van der Waals surface area contributed by atoms with E-state index in [9.17, 15) is 5.26 Å². The fraction of sp³-hybridized carbons (Fsp3) is 0.500. The van der Waals surface area contributed by atoms with Crippen molar-refractivity contribution in [1.29, 1.82) is 5.26 Å². The molecule has 0 unspecified atom stereocenters. The monoisotopic (exact) mass is 384 g/mol. The maximum atomic E-state index is 9.40. The van der Waals surface area contributed by atoms with E-state index in [1.54, 1.807) is 0 Å². The Bertz CT molecular complexity index is 500. The molecule has 2 aliphatic heterocycles. The lowest BCUT2D eigenvalue weighted by Gasteiger charge is -2.43. The molecular formula is C14H14Br2N2O. The zero-order valence-electron chi connectivity index (χ0n) is 10.3. The summed E-state index contributed by atoms with van der Waals surface area (Å²) in [6.07, 6.45) is 1.63. The van der Waals surface area contributed by atoms with Gasteiger partial charge in [-0.3, -0.25) is 4.90 Å². The third-order valence-corrected chi connectivity index (χ3v) is 5.42. The molecule has 0 radical (unpaired) electrons. The lowest BCUT2D eigenvalue weighted by molar-refractivity contribution is -0.0119. The van der Waals surface area contributed by atoms with Gasteiger partial charge in [0.25, 0.3) is 0 Å². The zero-order chi connectivity index (χ0) is 13.5. The van der Waals surface area contributed by atoms with Gasteiger partial charge in [-0.1, -0.05) is 62.2 Å². The molecule has 1 aromatic rings. The molecule has 5 heteroatoms. The van der Waals surface area contributed by atoms with Gasteiger partial charge in [0.05, 0.1) is 18.7 Å². The largest absolute Gasteiger partial charge is 0.359 e. The van der Waals surface area contributed by atoms with Gasteiger partial charge >= 0.3 is 0 Å². The minimum Gasteiger partial charge on any atom is -0.359 e. The molecule has 3 nitrogen and oxygen atoms in total. The van der Waals surface area contributed by atoms with Gasteiger partial charge in [0.15, 0.2) is 0 Å². The van der Waals surface area contributed by atoms with E-state index < -0.39 is 0 Å². The third-order valence-electron chi connectivity index (χ3n) is 3.85. The average Bonchev–Trinajstić information content (AvgIpc) is 2.86. The Kier molecular flexibility index (Phi) is 3.69. The second-order valence-corrected chi connectivity index (χ2v) is 8.90. The van der Waals surface area contributed by atoms with Gasteiger partial charge in [-0.2, -0.15) is 5.26 Å². The summed E-state index contributed by atoms with van der Waals surface area (Å²) >= 11 is 7.39. The molecule has 2 aliphatic rings. The van der Waals surface area contributed by atoms with E-state index in [4.69, 9.17) is 4.74 Å². The van der Waals surface area contributed by atoms with Gasteiger partial charge in [0, 0.05) is 0 Å². The molecule has 2 fully saturated rings. The van der Waals surface area contributed by atoms with Crippen LogP contribution in [0.5, 0.6) is 0 Å². The molecule has 19 heavy (non-hydrogen) atoms. The molecule has 2 heterocycles. The predicted octanol–water partition coefficient (Wildman–Crippen LogP) is 3.56. The van der Waals surface area contributed by atoms with Crippen LogP contribution in [0.25, 0.3) is 0 Å². The lowest BCUT2D eigenvalue weighted by atomic mass is 9.97. The van der Waals surface area contributed by atoms with Gasteiger partial charge in [-0.05, 0) is 18.4 Å². The average molecular weight is 386 g/mol. The molecule has 0 spiro atoms. The van der Waals surface area contributed by atoms with Crippen LogP contribution in [0.4, 0.5) is 0 Å². The Morgan fingerprint density at radius 3 is 2.74 bits per heavy atom. The van der Waals surface area contributed by atoms with E-state index in [0.29, 0.717) is 6.61 Å². The highest BCUT2D eigenvalue weighted by atomic mass is 79.9. The van der Waals surface area contributed by atoms with E-state index in [1.165, 1.54) is 5.56 Å². The van der Waals surface area contributed by atoms with Crippen molar-refractivity contribution in [3.05, 3.63) is 35.9 Å². The summed E-state index contributed by atoms with van der Waals surface area (Å²) in [6.45, 7) is 0.631. The number of nitriles is 1. The molecule has 100 valence electrons. The van der Waals surface area contributed by atoms with Crippen molar-refractivity contribution in [2.24, 2.45) is 0 Å². The normalized spacial score (nSPS) is 33.6. The number of hydrogen-bond donors (Lipinski definition) is 0. The third kappa shape index (κ3) is 2.36. The highest BCUT2D eigenvalue weighted by Gasteiger charge is 2.52. The summed E-state index contributed by atoms with van der Waals surface area (Å²) in [5, 5.41) is 9.40. The van der Waals surface area contributed by atoms with Crippen molar-refractivity contribution >= 4 is 31.9 Å². The van der Waals surface area contributed by atoms with E-state index in [-0.39, 0.29) is 21.5 Å². The maximum Gasteiger partial charge on any atom is 0.137 e. The minimum absolute atomic E-state index is 0.0825. The Morgan fingerprint density at radius 1 is 1.32 bits per heavy atom. The first-order chi connectivity index (χ1) is 9.13. The number of halogens is 2. The molecule has 0 amide bonds. The SMILES string of the molecule is N#C[C@@H]1CCC(Br)(Br)[C@H]2OC[C@@H](c3ccccc3)N12. The fourth-order valence-electron chi connectivity index (χ4n) is 2.91. The molecule has 3 atom stereocenters. The van der Waals surface area contributed by atoms with Crippen molar-refractivity contribution in [1.82, 2.24) is 4.90 Å². The van der Waals surface area contributed by atoms with Crippen molar-refractivity contribution in [2.45, 2.75) is 34.4 Å². The maximum absolute atomic E-state index is 9.40. The highest BCUT2D eigenvalue weighted by Crippen LogP contribution is 2.49. The first-order valence-electron chi connectivity index (χ1n) is 6.35. The van der Waals surface area contributed by atoms with Crippen LogP contribution < -0.4 is 0 Å². The van der Waals surface area contributed by atoms with Crippen molar-refractivity contribution < 1.29 is 4.74 Å². The minimum atomic E-state index is -0.253. The number of benzene rings is 1. The summed E-state index contributed by atoms with van der Waals surface area (Å²) in [5.41, 5.74) is 1.21. The molecule has 3 rings (SSSR count). The lowest BCUT2D eigenvalue weighted by Crippen LogP contribution is -2.52. The van der Waals surface area contributed by atoms with Crippen molar-refractivity contribution in [2.75, 3.05) is 6.61 Å². The quantitative estimate of drug-likeness (QED) is 0.693. The Morgan fingerprint density at radius 2 is 2.05 bits per heavy atom. The van der Waals surface area contributed by atoms with Gasteiger partial charge < -0.3 is 4.74 Å².